The molecule has 2 aromatic rings. The van der Waals surface area contributed by atoms with Crippen LogP contribution in [-0.2, 0) is 16.1 Å². The molecule has 3 aliphatic rings. The highest BCUT2D eigenvalue weighted by molar-refractivity contribution is 6.23. The number of imide groups is 2. The van der Waals surface area contributed by atoms with E-state index in [1.807, 2.05) is 0 Å². The molecular formula is C22H23N7O4. The molecule has 11 heteroatoms. The van der Waals surface area contributed by atoms with Gasteiger partial charge in [0.05, 0.1) is 11.1 Å². The second kappa shape index (κ2) is 8.58. The molecule has 4 heterocycles. The molecule has 33 heavy (non-hydrogen) atoms. The van der Waals surface area contributed by atoms with Gasteiger partial charge in [0.15, 0.2) is 0 Å². The van der Waals surface area contributed by atoms with Crippen LogP contribution < -0.4 is 20.9 Å². The van der Waals surface area contributed by atoms with Crippen molar-refractivity contribution < 1.29 is 19.2 Å². The number of anilines is 2. The average Bonchev–Trinajstić information content (AvgIpc) is 3.08. The molecule has 4 amide bonds. The monoisotopic (exact) mass is 449 g/mol. The first-order valence-electron chi connectivity index (χ1n) is 10.9. The van der Waals surface area contributed by atoms with Gasteiger partial charge in [0.25, 0.3) is 11.8 Å². The van der Waals surface area contributed by atoms with Crippen molar-refractivity contribution in [3.05, 3.63) is 47.2 Å². The van der Waals surface area contributed by atoms with E-state index in [0.717, 1.165) is 36.6 Å². The smallest absolute Gasteiger partial charge is 0.262 e. The Balaban J connectivity index is 1.29. The molecule has 1 atom stereocenters. The highest BCUT2D eigenvalue weighted by Gasteiger charge is 2.44. The van der Waals surface area contributed by atoms with Crippen LogP contribution in [0.2, 0.25) is 0 Å². The van der Waals surface area contributed by atoms with Gasteiger partial charge in [-0.3, -0.25) is 29.4 Å². The first kappa shape index (κ1) is 21.0. The minimum absolute atomic E-state index is 0.0911. The van der Waals surface area contributed by atoms with Crippen LogP contribution in [-0.4, -0.2) is 70.7 Å². The number of rotatable bonds is 5. The lowest BCUT2D eigenvalue weighted by Crippen LogP contribution is -2.54. The van der Waals surface area contributed by atoms with E-state index < -0.39 is 29.7 Å². The summed E-state index contributed by atoms with van der Waals surface area (Å²) in [4.78, 5) is 61.4. The molecule has 1 unspecified atom stereocenters. The lowest BCUT2D eigenvalue weighted by molar-refractivity contribution is -0.136. The topological polar surface area (TPSA) is 137 Å². The number of nitrogens with zero attached hydrogens (tertiary/aromatic N) is 4. The average molecular weight is 449 g/mol. The molecule has 0 spiro atoms. The van der Waals surface area contributed by atoms with Crippen molar-refractivity contribution >= 4 is 35.4 Å². The van der Waals surface area contributed by atoms with Crippen LogP contribution in [0, 0.1) is 0 Å². The van der Waals surface area contributed by atoms with Crippen molar-refractivity contribution in [2.24, 2.45) is 0 Å². The maximum absolute atomic E-state index is 13.0. The molecular weight excluding hydrogens is 426 g/mol. The molecule has 0 saturated carbocycles. The summed E-state index contributed by atoms with van der Waals surface area (Å²) < 4.78 is 0. The van der Waals surface area contributed by atoms with E-state index in [4.69, 9.17) is 0 Å². The van der Waals surface area contributed by atoms with Crippen LogP contribution in [0.4, 0.5) is 11.8 Å². The zero-order valence-electron chi connectivity index (χ0n) is 17.8. The predicted molar refractivity (Wildman–Crippen MR) is 118 cm³/mol. The highest BCUT2D eigenvalue weighted by atomic mass is 16.2. The van der Waals surface area contributed by atoms with Gasteiger partial charge in [-0.15, -0.1) is 0 Å². The number of hydrogen-bond acceptors (Lipinski definition) is 9. The number of carbonyl (C=O) groups is 4. The third-order valence-corrected chi connectivity index (χ3v) is 6.02. The van der Waals surface area contributed by atoms with Crippen molar-refractivity contribution in [2.45, 2.75) is 25.4 Å². The van der Waals surface area contributed by atoms with Crippen LogP contribution in [0.15, 0.2) is 30.5 Å². The molecule has 2 saturated heterocycles. The molecule has 5 rings (SSSR count). The minimum Gasteiger partial charge on any atom is -0.366 e. The summed E-state index contributed by atoms with van der Waals surface area (Å²) in [5, 5.41) is 8.73. The van der Waals surface area contributed by atoms with Crippen molar-refractivity contribution in [1.82, 2.24) is 25.5 Å². The van der Waals surface area contributed by atoms with Crippen molar-refractivity contribution in [3.8, 4) is 0 Å². The highest BCUT2D eigenvalue weighted by Crippen LogP contribution is 2.28. The molecule has 0 aliphatic carbocycles. The van der Waals surface area contributed by atoms with E-state index in [2.05, 4.69) is 30.8 Å². The normalized spacial score (nSPS) is 20.7. The summed E-state index contributed by atoms with van der Waals surface area (Å²) in [6, 6.07) is 5.83. The lowest BCUT2D eigenvalue weighted by Gasteiger charge is -2.27. The van der Waals surface area contributed by atoms with E-state index in [-0.39, 0.29) is 24.0 Å². The number of carbonyl (C=O) groups excluding carboxylic acids is 4. The summed E-state index contributed by atoms with van der Waals surface area (Å²) >= 11 is 0. The summed E-state index contributed by atoms with van der Waals surface area (Å²) in [5.41, 5.74) is 1.31. The predicted octanol–water partition coefficient (Wildman–Crippen LogP) is -0.100. The van der Waals surface area contributed by atoms with Gasteiger partial charge in [-0.1, -0.05) is 6.07 Å². The Morgan fingerprint density at radius 2 is 1.82 bits per heavy atom. The molecule has 3 N–H and O–H groups in total. The van der Waals surface area contributed by atoms with Gasteiger partial charge in [0.1, 0.15) is 11.9 Å². The van der Waals surface area contributed by atoms with Crippen LogP contribution in [0.5, 0.6) is 0 Å². The SMILES string of the molecule is O=C1CCC(N2C(=O)c3ccc(CNc4ccnc(N5CCNCC5)n4)cc3C2=O)C(=O)N1. The Hall–Kier alpha value is -3.86. The quantitative estimate of drug-likeness (QED) is 0.535. The van der Waals surface area contributed by atoms with Crippen LogP contribution in [0.1, 0.15) is 39.1 Å². The first-order valence-corrected chi connectivity index (χ1v) is 10.9. The maximum atomic E-state index is 13.0. The number of benzene rings is 1. The Bertz CT molecular complexity index is 1150. The van der Waals surface area contributed by atoms with Gasteiger partial charge in [0, 0.05) is 45.3 Å². The van der Waals surface area contributed by atoms with Gasteiger partial charge in [0.2, 0.25) is 17.8 Å². The first-order chi connectivity index (χ1) is 16.0. The van der Waals surface area contributed by atoms with E-state index in [0.29, 0.717) is 18.3 Å². The number of aromatic nitrogens is 2. The standard InChI is InChI=1S/C22H23N7O4/c30-18-4-3-16(19(31)27-18)29-20(32)14-2-1-13(11-15(14)21(29)33)12-25-17-5-6-24-22(26-17)28-9-7-23-8-10-28/h1-2,5-6,11,16,23H,3-4,7-10,12H2,(H,24,25,26)(H,27,30,31). The van der Waals surface area contributed by atoms with Gasteiger partial charge < -0.3 is 15.5 Å². The third-order valence-electron chi connectivity index (χ3n) is 6.02. The summed E-state index contributed by atoms with van der Waals surface area (Å²) in [5.74, 6) is -0.727. The van der Waals surface area contributed by atoms with E-state index in [1.54, 1.807) is 30.5 Å². The maximum Gasteiger partial charge on any atom is 0.262 e. The van der Waals surface area contributed by atoms with Crippen molar-refractivity contribution in [3.63, 3.8) is 0 Å². The third kappa shape index (κ3) is 4.02. The van der Waals surface area contributed by atoms with Crippen molar-refractivity contribution in [2.75, 3.05) is 36.4 Å². The van der Waals surface area contributed by atoms with Crippen LogP contribution in [0.3, 0.4) is 0 Å². The number of fused-ring (bicyclic) bond motifs is 1. The second-order valence-electron chi connectivity index (χ2n) is 8.16. The zero-order valence-corrected chi connectivity index (χ0v) is 17.8. The van der Waals surface area contributed by atoms with E-state index in [9.17, 15) is 19.2 Å². The van der Waals surface area contributed by atoms with Gasteiger partial charge in [-0.05, 0) is 30.2 Å². The van der Waals surface area contributed by atoms with Crippen LogP contribution >= 0.6 is 0 Å². The molecule has 0 radical (unpaired) electrons. The Morgan fingerprint density at radius 1 is 1.03 bits per heavy atom. The Morgan fingerprint density at radius 3 is 2.61 bits per heavy atom. The zero-order chi connectivity index (χ0) is 22.9. The molecule has 11 nitrogen and oxygen atoms in total. The molecule has 1 aromatic heterocycles. The van der Waals surface area contributed by atoms with Crippen LogP contribution in [0.25, 0.3) is 0 Å². The van der Waals surface area contributed by atoms with Gasteiger partial charge in [-0.2, -0.15) is 4.98 Å². The number of piperidine rings is 1. The fraction of sp³-hybridized carbons (Fsp3) is 0.364. The second-order valence-corrected chi connectivity index (χ2v) is 8.16. The van der Waals surface area contributed by atoms with E-state index >= 15 is 0 Å². The summed E-state index contributed by atoms with van der Waals surface area (Å²) in [6.07, 6.45) is 1.93. The fourth-order valence-electron chi connectivity index (χ4n) is 4.28. The summed E-state index contributed by atoms with van der Waals surface area (Å²) in [7, 11) is 0. The molecule has 3 aliphatic heterocycles. The minimum atomic E-state index is -0.971. The molecule has 1 aromatic carbocycles. The number of nitrogens with one attached hydrogen (secondary N) is 3. The van der Waals surface area contributed by atoms with Gasteiger partial charge >= 0.3 is 0 Å². The Kier molecular flexibility index (Phi) is 5.47. The number of piperazine rings is 1. The fourth-order valence-corrected chi connectivity index (χ4v) is 4.28. The van der Waals surface area contributed by atoms with Crippen molar-refractivity contribution in [1.29, 1.82) is 0 Å². The van der Waals surface area contributed by atoms with Gasteiger partial charge in [-0.25, -0.2) is 4.98 Å². The molecule has 2 fully saturated rings. The molecule has 0 bridgehead atoms. The van der Waals surface area contributed by atoms with E-state index in [1.165, 1.54) is 0 Å². The number of hydrogen-bond donors (Lipinski definition) is 3. The summed E-state index contributed by atoms with van der Waals surface area (Å²) in [6.45, 7) is 3.85. The Labute approximate surface area is 189 Å². The molecule has 170 valence electrons. The largest absolute Gasteiger partial charge is 0.366 e. The number of amides is 4. The lowest BCUT2D eigenvalue weighted by atomic mass is 10.0.